The van der Waals surface area contributed by atoms with Gasteiger partial charge in [0, 0.05) is 6.42 Å². The van der Waals surface area contributed by atoms with E-state index in [1.807, 2.05) is 25.1 Å². The van der Waals surface area contributed by atoms with E-state index in [-0.39, 0.29) is 23.5 Å². The standard InChI is InChI=1S/C21H22FN3OS/c1-14-9-10-16(15(22)12-14)23-20(26)13-25-11-5-4-7-18(25)21-24-17-6-2-3-8-19(17)27-21/h2-3,6,8-10,12,18H,4-5,7,11,13H2,1H3,(H,23,26)/p+1/t18-/m1/s1. The van der Waals surface area contributed by atoms with Crippen LogP contribution in [0.3, 0.4) is 0 Å². The molecule has 2 atom stereocenters. The number of likely N-dealkylation sites (tertiary alicyclic amines) is 1. The minimum Gasteiger partial charge on any atom is -0.319 e. The molecule has 4 nitrogen and oxygen atoms in total. The molecule has 1 aliphatic rings. The second kappa shape index (κ2) is 7.74. The highest BCUT2D eigenvalue weighted by Gasteiger charge is 2.32. The van der Waals surface area contributed by atoms with Gasteiger partial charge < -0.3 is 10.2 Å². The van der Waals surface area contributed by atoms with Gasteiger partial charge in [-0.05, 0) is 49.6 Å². The number of quaternary nitrogens is 1. The number of hydrogen-bond donors (Lipinski definition) is 2. The van der Waals surface area contributed by atoms with Crippen molar-refractivity contribution in [2.24, 2.45) is 0 Å². The SMILES string of the molecule is Cc1ccc(NC(=O)C[NH+]2CCCC[C@@H]2c2nc3ccccc3s2)c(F)c1. The molecule has 27 heavy (non-hydrogen) atoms. The van der Waals surface area contributed by atoms with Gasteiger partial charge in [0.1, 0.15) is 11.9 Å². The monoisotopic (exact) mass is 384 g/mol. The van der Waals surface area contributed by atoms with Gasteiger partial charge in [0.25, 0.3) is 5.91 Å². The van der Waals surface area contributed by atoms with Gasteiger partial charge in [0.2, 0.25) is 0 Å². The first-order valence-electron chi connectivity index (χ1n) is 9.36. The summed E-state index contributed by atoms with van der Waals surface area (Å²) in [5.41, 5.74) is 2.11. The predicted octanol–water partition coefficient (Wildman–Crippen LogP) is 3.49. The fourth-order valence-electron chi connectivity index (χ4n) is 3.75. The van der Waals surface area contributed by atoms with E-state index >= 15 is 0 Å². The zero-order valence-corrected chi connectivity index (χ0v) is 16.1. The van der Waals surface area contributed by atoms with E-state index in [1.165, 1.54) is 15.7 Å². The molecule has 1 aliphatic heterocycles. The number of aromatic nitrogens is 1. The molecule has 0 saturated carbocycles. The molecule has 0 radical (unpaired) electrons. The second-order valence-electron chi connectivity index (χ2n) is 7.18. The number of halogens is 1. The van der Waals surface area contributed by atoms with Crippen LogP contribution in [-0.2, 0) is 4.79 Å². The van der Waals surface area contributed by atoms with Crippen LogP contribution in [0.25, 0.3) is 10.2 Å². The minimum atomic E-state index is -0.389. The number of nitrogens with zero attached hydrogens (tertiary/aromatic N) is 1. The number of para-hydroxylation sites is 1. The number of benzene rings is 2. The van der Waals surface area contributed by atoms with Crippen molar-refractivity contribution in [2.45, 2.75) is 32.2 Å². The van der Waals surface area contributed by atoms with E-state index in [2.05, 4.69) is 11.4 Å². The van der Waals surface area contributed by atoms with Crippen molar-refractivity contribution in [1.29, 1.82) is 0 Å². The molecule has 0 spiro atoms. The Kier molecular flexibility index (Phi) is 5.18. The van der Waals surface area contributed by atoms with E-state index < -0.39 is 0 Å². The highest BCUT2D eigenvalue weighted by Crippen LogP contribution is 2.28. The Bertz CT molecular complexity index is 938. The summed E-state index contributed by atoms with van der Waals surface area (Å²) >= 11 is 1.72. The highest BCUT2D eigenvalue weighted by atomic mass is 32.1. The summed E-state index contributed by atoms with van der Waals surface area (Å²) in [6, 6.07) is 13.2. The first kappa shape index (κ1) is 18.1. The summed E-state index contributed by atoms with van der Waals surface area (Å²) < 4.78 is 15.2. The van der Waals surface area contributed by atoms with Gasteiger partial charge in [0.15, 0.2) is 11.6 Å². The third kappa shape index (κ3) is 4.01. The van der Waals surface area contributed by atoms with Crippen molar-refractivity contribution < 1.29 is 14.1 Å². The first-order chi connectivity index (χ1) is 13.1. The summed E-state index contributed by atoms with van der Waals surface area (Å²) in [6.45, 7) is 3.09. The third-order valence-corrected chi connectivity index (χ3v) is 6.28. The van der Waals surface area contributed by atoms with Crippen molar-refractivity contribution >= 4 is 33.1 Å². The summed E-state index contributed by atoms with van der Waals surface area (Å²) in [5.74, 6) is -0.541. The number of thiazole rings is 1. The molecule has 3 aromatic rings. The number of hydrogen-bond acceptors (Lipinski definition) is 3. The van der Waals surface area contributed by atoms with Crippen LogP contribution in [0.4, 0.5) is 10.1 Å². The smallest absolute Gasteiger partial charge is 0.279 e. The molecule has 2 aromatic carbocycles. The van der Waals surface area contributed by atoms with Crippen molar-refractivity contribution in [2.75, 3.05) is 18.4 Å². The zero-order chi connectivity index (χ0) is 18.8. The average Bonchev–Trinajstić information content (AvgIpc) is 3.08. The average molecular weight is 384 g/mol. The largest absolute Gasteiger partial charge is 0.319 e. The van der Waals surface area contributed by atoms with Gasteiger partial charge >= 0.3 is 0 Å². The van der Waals surface area contributed by atoms with Crippen LogP contribution < -0.4 is 10.2 Å². The molecular formula is C21H23FN3OS+. The number of carbonyl (C=O) groups excluding carboxylic acids is 1. The summed E-state index contributed by atoms with van der Waals surface area (Å²) in [6.07, 6.45) is 3.28. The molecule has 0 bridgehead atoms. The molecule has 1 fully saturated rings. The normalized spacial score (nSPS) is 19.9. The molecule has 0 aliphatic carbocycles. The maximum absolute atomic E-state index is 14.0. The van der Waals surface area contributed by atoms with Crippen LogP contribution in [0.2, 0.25) is 0 Å². The van der Waals surface area contributed by atoms with Crippen molar-refractivity contribution in [3.05, 3.63) is 58.9 Å². The Hall–Kier alpha value is -2.31. The van der Waals surface area contributed by atoms with E-state index in [0.717, 1.165) is 41.9 Å². The van der Waals surface area contributed by atoms with Gasteiger partial charge in [-0.3, -0.25) is 4.79 Å². The molecule has 4 rings (SSSR count). The predicted molar refractivity (Wildman–Crippen MR) is 107 cm³/mol. The maximum atomic E-state index is 14.0. The van der Waals surface area contributed by atoms with Gasteiger partial charge in [-0.1, -0.05) is 18.2 Å². The molecule has 2 heterocycles. The fourth-order valence-corrected chi connectivity index (χ4v) is 4.91. The minimum absolute atomic E-state index is 0.152. The first-order valence-corrected chi connectivity index (χ1v) is 10.2. The number of nitrogens with one attached hydrogen (secondary N) is 2. The number of aryl methyl sites for hydroxylation is 1. The Morgan fingerprint density at radius 1 is 1.30 bits per heavy atom. The third-order valence-electron chi connectivity index (χ3n) is 5.13. The molecule has 1 amide bonds. The van der Waals surface area contributed by atoms with E-state index in [1.54, 1.807) is 23.5 Å². The molecule has 6 heteroatoms. The number of carbonyl (C=O) groups is 1. The topological polar surface area (TPSA) is 46.4 Å². The molecule has 1 saturated heterocycles. The molecule has 1 aromatic heterocycles. The van der Waals surface area contributed by atoms with Gasteiger partial charge in [-0.15, -0.1) is 11.3 Å². The van der Waals surface area contributed by atoms with E-state index in [9.17, 15) is 9.18 Å². The highest BCUT2D eigenvalue weighted by molar-refractivity contribution is 7.18. The second-order valence-corrected chi connectivity index (χ2v) is 8.25. The summed E-state index contributed by atoms with van der Waals surface area (Å²) in [4.78, 5) is 18.6. The van der Waals surface area contributed by atoms with Gasteiger partial charge in [0.05, 0.1) is 22.4 Å². The van der Waals surface area contributed by atoms with Crippen molar-refractivity contribution in [3.8, 4) is 0 Å². The lowest BCUT2D eigenvalue weighted by atomic mass is 10.0. The number of amides is 1. The van der Waals surface area contributed by atoms with Crippen molar-refractivity contribution in [1.82, 2.24) is 4.98 Å². The fraction of sp³-hybridized carbons (Fsp3) is 0.333. The number of fused-ring (bicyclic) bond motifs is 1. The van der Waals surface area contributed by atoms with Gasteiger partial charge in [-0.25, -0.2) is 9.37 Å². The zero-order valence-electron chi connectivity index (χ0n) is 15.3. The van der Waals surface area contributed by atoms with E-state index in [4.69, 9.17) is 4.98 Å². The molecular weight excluding hydrogens is 361 g/mol. The maximum Gasteiger partial charge on any atom is 0.279 e. The number of piperidine rings is 1. The lowest BCUT2D eigenvalue weighted by molar-refractivity contribution is -0.929. The van der Waals surface area contributed by atoms with Crippen LogP contribution >= 0.6 is 11.3 Å². The van der Waals surface area contributed by atoms with Crippen LogP contribution in [0.15, 0.2) is 42.5 Å². The molecule has 1 unspecified atom stereocenters. The Morgan fingerprint density at radius 2 is 2.15 bits per heavy atom. The van der Waals surface area contributed by atoms with Crippen LogP contribution in [-0.4, -0.2) is 24.0 Å². The molecule has 140 valence electrons. The number of anilines is 1. The van der Waals surface area contributed by atoms with Crippen LogP contribution in [0, 0.1) is 12.7 Å². The molecule has 2 N–H and O–H groups in total. The lowest BCUT2D eigenvalue weighted by Crippen LogP contribution is -3.14. The summed E-state index contributed by atoms with van der Waals surface area (Å²) in [5, 5.41) is 3.83. The summed E-state index contributed by atoms with van der Waals surface area (Å²) in [7, 11) is 0. The number of rotatable bonds is 4. The van der Waals surface area contributed by atoms with Crippen LogP contribution in [0.5, 0.6) is 0 Å². The Labute approximate surface area is 162 Å². The quantitative estimate of drug-likeness (QED) is 0.723. The lowest BCUT2D eigenvalue weighted by Gasteiger charge is -2.30. The van der Waals surface area contributed by atoms with Gasteiger partial charge in [-0.2, -0.15) is 0 Å². The van der Waals surface area contributed by atoms with Crippen molar-refractivity contribution in [3.63, 3.8) is 0 Å². The Balaban J connectivity index is 1.49. The van der Waals surface area contributed by atoms with E-state index in [0.29, 0.717) is 6.54 Å². The van der Waals surface area contributed by atoms with Crippen LogP contribution in [0.1, 0.15) is 35.9 Å². The Morgan fingerprint density at radius 3 is 2.96 bits per heavy atom.